The van der Waals surface area contributed by atoms with Gasteiger partial charge in [0.2, 0.25) is 0 Å². The molecule has 3 aromatic rings. The minimum atomic E-state index is -0.587. The number of carbonyl (C=O) groups is 1. The van der Waals surface area contributed by atoms with Crippen molar-refractivity contribution < 1.29 is 23.8 Å². The maximum Gasteiger partial charge on any atom is 0.282 e. The van der Waals surface area contributed by atoms with E-state index in [0.29, 0.717) is 16.8 Å². The third kappa shape index (κ3) is 3.66. The Bertz CT molecular complexity index is 1040. The molecule has 11 nitrogen and oxygen atoms in total. The zero-order valence-corrected chi connectivity index (χ0v) is 14.2. The summed E-state index contributed by atoms with van der Waals surface area (Å²) in [5, 5.41) is 22.3. The van der Waals surface area contributed by atoms with Gasteiger partial charge in [0.15, 0.2) is 11.5 Å². The summed E-state index contributed by atoms with van der Waals surface area (Å²) < 4.78 is 14.7. The van der Waals surface area contributed by atoms with Crippen LogP contribution >= 0.6 is 0 Å². The van der Waals surface area contributed by atoms with Crippen LogP contribution in [-0.2, 0) is 0 Å². The first kappa shape index (κ1) is 17.8. The van der Waals surface area contributed by atoms with Crippen LogP contribution in [0.3, 0.4) is 0 Å². The predicted octanol–water partition coefficient (Wildman–Crippen LogP) is 1.91. The number of aromatic nitrogens is 2. The fraction of sp³-hybridized carbons (Fsp3) is 0.125. The van der Waals surface area contributed by atoms with E-state index in [2.05, 4.69) is 25.5 Å². The molecule has 1 aromatic heterocycles. The smallest absolute Gasteiger partial charge is 0.282 e. The van der Waals surface area contributed by atoms with E-state index in [9.17, 15) is 14.9 Å². The summed E-state index contributed by atoms with van der Waals surface area (Å²) in [6, 6.07) is 7.18. The first-order valence-corrected chi connectivity index (χ1v) is 7.49. The van der Waals surface area contributed by atoms with Crippen LogP contribution < -0.4 is 14.9 Å². The molecule has 0 fully saturated rings. The van der Waals surface area contributed by atoms with Crippen molar-refractivity contribution in [2.24, 2.45) is 5.10 Å². The molecule has 0 aliphatic rings. The van der Waals surface area contributed by atoms with E-state index in [1.165, 1.54) is 38.5 Å². The number of amides is 1. The number of rotatable bonds is 6. The standard InChI is InChI=1S/C16H13N5O6/c1-25-14-6-10(13(21(23)24)7-15(14)26-2)8-17-18-16(22)9-3-4-11-12(5-9)20-27-19-11/h3-8H,1-2H3,(H,18,22). The van der Waals surface area contributed by atoms with Crippen molar-refractivity contribution in [2.75, 3.05) is 14.2 Å². The molecule has 3 rings (SSSR count). The Morgan fingerprint density at radius 3 is 2.59 bits per heavy atom. The second-order valence-corrected chi connectivity index (χ2v) is 5.19. The number of hydrogen-bond acceptors (Lipinski definition) is 9. The number of nitro groups is 1. The number of nitrogens with zero attached hydrogens (tertiary/aromatic N) is 4. The third-order valence-corrected chi connectivity index (χ3v) is 3.62. The first-order chi connectivity index (χ1) is 13.0. The van der Waals surface area contributed by atoms with Gasteiger partial charge in [-0.15, -0.1) is 0 Å². The van der Waals surface area contributed by atoms with Crippen LogP contribution in [-0.4, -0.2) is 41.6 Å². The molecular weight excluding hydrogens is 358 g/mol. The van der Waals surface area contributed by atoms with Crippen LogP contribution in [0, 0.1) is 10.1 Å². The van der Waals surface area contributed by atoms with Crippen molar-refractivity contribution >= 4 is 28.8 Å². The van der Waals surface area contributed by atoms with Crippen molar-refractivity contribution in [3.63, 3.8) is 0 Å². The lowest BCUT2D eigenvalue weighted by molar-refractivity contribution is -0.385. The lowest BCUT2D eigenvalue weighted by Gasteiger charge is -2.08. The van der Waals surface area contributed by atoms with Crippen molar-refractivity contribution in [3.05, 3.63) is 51.6 Å². The molecule has 1 amide bonds. The number of hydrazone groups is 1. The second kappa shape index (κ2) is 7.47. The molecule has 1 heterocycles. The van der Waals surface area contributed by atoms with Gasteiger partial charge in [0.1, 0.15) is 11.0 Å². The molecule has 0 bridgehead atoms. The van der Waals surface area contributed by atoms with Crippen molar-refractivity contribution in [1.29, 1.82) is 0 Å². The fourth-order valence-corrected chi connectivity index (χ4v) is 2.29. The lowest BCUT2D eigenvalue weighted by Crippen LogP contribution is -2.17. The molecule has 1 N–H and O–H groups in total. The number of methoxy groups -OCH3 is 2. The maximum atomic E-state index is 12.2. The third-order valence-electron chi connectivity index (χ3n) is 3.62. The highest BCUT2D eigenvalue weighted by atomic mass is 16.6. The van der Waals surface area contributed by atoms with Gasteiger partial charge in [-0.1, -0.05) is 0 Å². The highest BCUT2D eigenvalue weighted by molar-refractivity contribution is 5.98. The normalized spacial score (nSPS) is 10.9. The van der Waals surface area contributed by atoms with Crippen LogP contribution in [0.1, 0.15) is 15.9 Å². The molecule has 0 aliphatic heterocycles. The van der Waals surface area contributed by atoms with Crippen LogP contribution in [0.25, 0.3) is 11.0 Å². The number of hydrogen-bond donors (Lipinski definition) is 1. The minimum Gasteiger partial charge on any atom is -0.493 e. The van der Waals surface area contributed by atoms with Gasteiger partial charge < -0.3 is 9.47 Å². The van der Waals surface area contributed by atoms with Crippen LogP contribution in [0.2, 0.25) is 0 Å². The molecule has 0 saturated heterocycles. The van der Waals surface area contributed by atoms with Gasteiger partial charge in [0, 0.05) is 5.56 Å². The molecule has 11 heteroatoms. The van der Waals surface area contributed by atoms with E-state index in [1.807, 2.05) is 0 Å². The molecule has 0 saturated carbocycles. The number of ether oxygens (including phenoxy) is 2. The molecule has 0 aliphatic carbocycles. The van der Waals surface area contributed by atoms with Crippen molar-refractivity contribution in [3.8, 4) is 11.5 Å². The summed E-state index contributed by atoms with van der Waals surface area (Å²) in [4.78, 5) is 22.8. The van der Waals surface area contributed by atoms with E-state index >= 15 is 0 Å². The molecule has 0 unspecified atom stereocenters. The van der Waals surface area contributed by atoms with Gasteiger partial charge in [-0.25, -0.2) is 10.1 Å². The zero-order valence-electron chi connectivity index (χ0n) is 14.2. The monoisotopic (exact) mass is 371 g/mol. The van der Waals surface area contributed by atoms with E-state index in [1.54, 1.807) is 6.07 Å². The molecule has 2 aromatic carbocycles. The van der Waals surface area contributed by atoms with Crippen LogP contribution in [0.15, 0.2) is 40.1 Å². The summed E-state index contributed by atoms with van der Waals surface area (Å²) in [5.41, 5.74) is 3.38. The van der Waals surface area contributed by atoms with Crippen molar-refractivity contribution in [2.45, 2.75) is 0 Å². The number of nitrogens with one attached hydrogen (secondary N) is 1. The molecule has 0 atom stereocenters. The highest BCUT2D eigenvalue weighted by Gasteiger charge is 2.18. The number of fused-ring (bicyclic) bond motifs is 1. The second-order valence-electron chi connectivity index (χ2n) is 5.19. The van der Waals surface area contributed by atoms with Gasteiger partial charge in [0.05, 0.1) is 37.0 Å². The van der Waals surface area contributed by atoms with E-state index in [-0.39, 0.29) is 22.6 Å². The lowest BCUT2D eigenvalue weighted by atomic mass is 10.1. The Morgan fingerprint density at radius 1 is 1.19 bits per heavy atom. The summed E-state index contributed by atoms with van der Waals surface area (Å²) in [7, 11) is 2.78. The van der Waals surface area contributed by atoms with E-state index in [0.717, 1.165) is 6.21 Å². The number of carbonyl (C=O) groups excluding carboxylic acids is 1. The fourth-order valence-electron chi connectivity index (χ4n) is 2.29. The quantitative estimate of drug-likeness (QED) is 0.393. The number of benzene rings is 2. The van der Waals surface area contributed by atoms with E-state index in [4.69, 9.17) is 9.47 Å². The Labute approximate surface area is 151 Å². The minimum absolute atomic E-state index is 0.133. The topological polar surface area (TPSA) is 142 Å². The van der Waals surface area contributed by atoms with E-state index < -0.39 is 10.8 Å². The first-order valence-electron chi connectivity index (χ1n) is 7.49. The molecule has 0 spiro atoms. The van der Waals surface area contributed by atoms with Crippen LogP contribution in [0.4, 0.5) is 5.69 Å². The SMILES string of the molecule is COc1cc(C=NNC(=O)c2ccc3nonc3c2)c([N+](=O)[O-])cc1OC. The zero-order chi connectivity index (χ0) is 19.4. The Balaban J connectivity index is 1.82. The summed E-state index contributed by atoms with van der Waals surface area (Å²) in [6.07, 6.45) is 1.15. The summed E-state index contributed by atoms with van der Waals surface area (Å²) >= 11 is 0. The van der Waals surface area contributed by atoms with Gasteiger partial charge >= 0.3 is 0 Å². The van der Waals surface area contributed by atoms with Gasteiger partial charge in [-0.3, -0.25) is 14.9 Å². The number of nitro benzene ring substituents is 1. The largest absolute Gasteiger partial charge is 0.493 e. The van der Waals surface area contributed by atoms with Gasteiger partial charge in [-0.2, -0.15) is 5.10 Å². The highest BCUT2D eigenvalue weighted by Crippen LogP contribution is 2.33. The Kier molecular flexibility index (Phi) is 4.92. The van der Waals surface area contributed by atoms with Gasteiger partial charge in [0.25, 0.3) is 11.6 Å². The summed E-state index contributed by atoms with van der Waals surface area (Å²) in [6.45, 7) is 0. The Hall–Kier alpha value is -4.02. The summed E-state index contributed by atoms with van der Waals surface area (Å²) in [5.74, 6) is -0.0287. The molecule has 138 valence electrons. The predicted molar refractivity (Wildman–Crippen MR) is 93.1 cm³/mol. The molecular formula is C16H13N5O6. The van der Waals surface area contributed by atoms with Crippen LogP contribution in [0.5, 0.6) is 11.5 Å². The van der Waals surface area contributed by atoms with Crippen molar-refractivity contribution in [1.82, 2.24) is 15.7 Å². The maximum absolute atomic E-state index is 12.2. The molecule has 0 radical (unpaired) electrons. The Morgan fingerprint density at radius 2 is 1.89 bits per heavy atom. The molecule has 27 heavy (non-hydrogen) atoms. The average molecular weight is 371 g/mol. The average Bonchev–Trinajstić information content (AvgIpc) is 3.14. The van der Waals surface area contributed by atoms with Gasteiger partial charge in [-0.05, 0) is 34.6 Å².